The van der Waals surface area contributed by atoms with Gasteiger partial charge in [-0.2, -0.15) is 0 Å². The van der Waals surface area contributed by atoms with Gasteiger partial charge in [0.2, 0.25) is 0 Å². The summed E-state index contributed by atoms with van der Waals surface area (Å²) >= 11 is 3.80. The molecule has 0 spiro atoms. The molecule has 2 saturated carbocycles. The molecule has 57 heavy (non-hydrogen) atoms. The van der Waals surface area contributed by atoms with Crippen LogP contribution >= 0.6 is 15.9 Å². The Morgan fingerprint density at radius 2 is 1.02 bits per heavy atom. The highest BCUT2D eigenvalue weighted by Gasteiger charge is 2.35. The lowest BCUT2D eigenvalue weighted by molar-refractivity contribution is -0.0180. The Hall–Kier alpha value is -4.48. The Labute approximate surface area is 347 Å². The molecular formula is C52H57BrO4. The van der Waals surface area contributed by atoms with Crippen LogP contribution in [0.4, 0.5) is 0 Å². The highest BCUT2D eigenvalue weighted by molar-refractivity contribution is 9.10. The Bertz CT molecular complexity index is 2300. The number of carbonyl (C=O) groups is 2. The van der Waals surface area contributed by atoms with E-state index >= 15 is 0 Å². The quantitative estimate of drug-likeness (QED) is 0.104. The number of hydrogen-bond donors (Lipinski definition) is 0. The minimum Gasteiger partial charge on any atom is -0.458 e. The molecule has 296 valence electrons. The van der Waals surface area contributed by atoms with Crippen LogP contribution in [0, 0.1) is 35.5 Å². The summed E-state index contributed by atoms with van der Waals surface area (Å²) < 4.78 is 13.5. The lowest BCUT2D eigenvalue weighted by Gasteiger charge is -2.36. The highest BCUT2D eigenvalue weighted by atomic mass is 79.9. The smallest absolute Gasteiger partial charge is 0.339 e. The molecule has 0 aliphatic heterocycles. The largest absolute Gasteiger partial charge is 0.458 e. The lowest BCUT2D eigenvalue weighted by atomic mass is 9.75. The van der Waals surface area contributed by atoms with Crippen molar-refractivity contribution >= 4 is 73.7 Å². The topological polar surface area (TPSA) is 52.6 Å². The molecule has 5 aromatic carbocycles. The van der Waals surface area contributed by atoms with Crippen LogP contribution in [-0.2, 0) is 9.47 Å². The number of fused-ring (bicyclic) bond motifs is 2. The molecule has 0 aromatic heterocycles. The third-order valence-corrected chi connectivity index (χ3v) is 13.3. The van der Waals surface area contributed by atoms with Gasteiger partial charge in [0.25, 0.3) is 0 Å². The van der Waals surface area contributed by atoms with Crippen LogP contribution in [0.15, 0.2) is 95.5 Å². The first-order valence-corrected chi connectivity index (χ1v) is 21.9. The van der Waals surface area contributed by atoms with Crippen LogP contribution in [-0.4, -0.2) is 24.1 Å². The van der Waals surface area contributed by atoms with Crippen molar-refractivity contribution in [3.8, 4) is 0 Å². The molecule has 0 heterocycles. The number of rotatable bonds is 10. The van der Waals surface area contributed by atoms with E-state index in [0.717, 1.165) is 74.0 Å². The van der Waals surface area contributed by atoms with Gasteiger partial charge < -0.3 is 9.47 Å². The van der Waals surface area contributed by atoms with Gasteiger partial charge in [0, 0.05) is 4.47 Å². The minimum atomic E-state index is -0.228. The van der Waals surface area contributed by atoms with Gasteiger partial charge in [0.1, 0.15) is 12.2 Å². The average Bonchev–Trinajstić information content (AvgIpc) is 3.18. The van der Waals surface area contributed by atoms with E-state index in [9.17, 15) is 9.59 Å². The monoisotopic (exact) mass is 824 g/mol. The van der Waals surface area contributed by atoms with Crippen molar-refractivity contribution in [2.24, 2.45) is 35.5 Å². The zero-order valence-electron chi connectivity index (χ0n) is 34.3. The van der Waals surface area contributed by atoms with Gasteiger partial charge in [-0.05, 0) is 135 Å². The van der Waals surface area contributed by atoms with E-state index in [1.54, 1.807) is 0 Å². The maximum absolute atomic E-state index is 13.6. The number of ether oxygens (including phenoxy) is 2. The van der Waals surface area contributed by atoms with E-state index in [1.165, 1.54) is 12.8 Å². The normalized spacial score (nSPS) is 22.9. The van der Waals surface area contributed by atoms with Crippen molar-refractivity contribution in [1.82, 2.24) is 0 Å². The first-order chi connectivity index (χ1) is 27.4. The molecule has 2 aliphatic carbocycles. The van der Waals surface area contributed by atoms with Crippen LogP contribution < -0.4 is 0 Å². The van der Waals surface area contributed by atoms with Crippen molar-refractivity contribution in [1.29, 1.82) is 0 Å². The van der Waals surface area contributed by atoms with Crippen molar-refractivity contribution in [2.45, 2.75) is 92.3 Å². The second kappa shape index (κ2) is 18.0. The standard InChI is InChI=1S/C52H57BrO4/c1-32(2)42-25-13-34(5)27-49(42)56-51(54)44-11-7-9-39-21-17-36(29-46(39)44)15-16-38-20-24-41(48(53)31-38)23-19-37-18-22-40-10-8-12-45(47(40)30-37)52(55)57-50-28-35(6)14-26-43(50)33(3)4/h7-12,15-24,29-35,42-43,49-50H,13-14,25-28H2,1-6H3/b16-15-,23-19-/t34-,35-,42-,43-,49-,50-/m1/s1. The molecule has 0 unspecified atom stereocenters. The van der Waals surface area contributed by atoms with Gasteiger partial charge in [-0.25, -0.2) is 9.59 Å². The molecule has 5 aromatic rings. The number of hydrogen-bond acceptors (Lipinski definition) is 4. The van der Waals surface area contributed by atoms with Gasteiger partial charge in [-0.15, -0.1) is 0 Å². The molecular weight excluding hydrogens is 768 g/mol. The molecule has 0 amide bonds. The number of carbonyl (C=O) groups excluding carboxylic acids is 2. The fourth-order valence-electron chi connectivity index (χ4n) is 9.21. The van der Waals surface area contributed by atoms with Crippen molar-refractivity contribution in [3.63, 3.8) is 0 Å². The second-order valence-corrected chi connectivity index (χ2v) is 18.4. The van der Waals surface area contributed by atoms with E-state index in [1.807, 2.05) is 36.4 Å². The van der Waals surface area contributed by atoms with E-state index in [0.29, 0.717) is 46.6 Å². The van der Waals surface area contributed by atoms with E-state index in [2.05, 4.69) is 136 Å². The molecule has 4 nitrogen and oxygen atoms in total. The molecule has 0 N–H and O–H groups in total. The summed E-state index contributed by atoms with van der Waals surface area (Å²) in [5.74, 6) is 2.44. The van der Waals surface area contributed by atoms with E-state index in [4.69, 9.17) is 9.47 Å². The summed E-state index contributed by atoms with van der Waals surface area (Å²) in [7, 11) is 0. The van der Waals surface area contributed by atoms with Gasteiger partial charge in [-0.3, -0.25) is 0 Å². The second-order valence-electron chi connectivity index (χ2n) is 17.6. The summed E-state index contributed by atoms with van der Waals surface area (Å²) in [5, 5.41) is 3.86. The SMILES string of the molecule is CC(C)[C@H]1CC[C@@H](C)C[C@H]1OC(=O)c1cccc2ccc(/C=C\c3ccc(/C=C\c4ccc5cccc(C(=O)O[C@@H]6C[C@H](C)CC[C@@H]6C(C)C)c5c4)c(Br)c3)cc12. The maximum atomic E-state index is 13.6. The Kier molecular flexibility index (Phi) is 12.8. The molecule has 0 bridgehead atoms. The number of esters is 2. The zero-order chi connectivity index (χ0) is 40.2. The summed E-state index contributed by atoms with van der Waals surface area (Å²) in [5.41, 5.74) is 5.38. The van der Waals surface area contributed by atoms with Crippen LogP contribution in [0.5, 0.6) is 0 Å². The van der Waals surface area contributed by atoms with E-state index < -0.39 is 0 Å². The van der Waals surface area contributed by atoms with Gasteiger partial charge in [0.15, 0.2) is 0 Å². The summed E-state index contributed by atoms with van der Waals surface area (Å²) in [6.07, 6.45) is 14.8. The maximum Gasteiger partial charge on any atom is 0.339 e. The molecule has 5 heteroatoms. The molecule has 2 fully saturated rings. The summed E-state index contributed by atoms with van der Waals surface area (Å²) in [6.45, 7) is 13.5. The third kappa shape index (κ3) is 9.63. The van der Waals surface area contributed by atoms with Gasteiger partial charge >= 0.3 is 11.9 Å². The number of benzene rings is 5. The van der Waals surface area contributed by atoms with Crippen LogP contribution in [0.1, 0.15) is 123 Å². The first kappa shape index (κ1) is 40.7. The molecule has 0 radical (unpaired) electrons. The van der Waals surface area contributed by atoms with E-state index in [-0.39, 0.29) is 24.1 Å². The fourth-order valence-corrected chi connectivity index (χ4v) is 9.74. The van der Waals surface area contributed by atoms with Gasteiger partial charge in [-0.1, -0.05) is 155 Å². The zero-order valence-corrected chi connectivity index (χ0v) is 35.9. The first-order valence-electron chi connectivity index (χ1n) is 21.1. The lowest BCUT2D eigenvalue weighted by Crippen LogP contribution is -2.35. The Morgan fingerprint density at radius 3 is 1.47 bits per heavy atom. The summed E-state index contributed by atoms with van der Waals surface area (Å²) in [6, 6.07) is 30.6. The minimum absolute atomic E-state index is 0.0417. The van der Waals surface area contributed by atoms with Crippen LogP contribution in [0.2, 0.25) is 0 Å². The molecule has 6 atom stereocenters. The predicted octanol–water partition coefficient (Wildman–Crippen LogP) is 14.3. The third-order valence-electron chi connectivity index (χ3n) is 12.6. The van der Waals surface area contributed by atoms with Crippen LogP contribution in [0.3, 0.4) is 0 Å². The number of halogens is 1. The highest BCUT2D eigenvalue weighted by Crippen LogP contribution is 2.38. The Balaban J connectivity index is 1.05. The van der Waals surface area contributed by atoms with Gasteiger partial charge in [0.05, 0.1) is 11.1 Å². The summed E-state index contributed by atoms with van der Waals surface area (Å²) in [4.78, 5) is 27.3. The van der Waals surface area contributed by atoms with Crippen molar-refractivity contribution < 1.29 is 19.1 Å². The van der Waals surface area contributed by atoms with Crippen LogP contribution in [0.25, 0.3) is 45.8 Å². The van der Waals surface area contributed by atoms with Crippen molar-refractivity contribution in [2.75, 3.05) is 0 Å². The molecule has 2 aliphatic rings. The predicted molar refractivity (Wildman–Crippen MR) is 241 cm³/mol. The molecule has 7 rings (SSSR count). The van der Waals surface area contributed by atoms with Crippen molar-refractivity contribution in [3.05, 3.63) is 129 Å². The Morgan fingerprint density at radius 1 is 0.579 bits per heavy atom. The molecule has 0 saturated heterocycles. The average molecular weight is 826 g/mol. The fraction of sp³-hybridized carbons (Fsp3) is 0.385.